The number of rotatable bonds is 8. The topological polar surface area (TPSA) is 67.6 Å². The van der Waals surface area contributed by atoms with Crippen LogP contribution in [0.4, 0.5) is 0 Å². The molecule has 1 aliphatic heterocycles. The summed E-state index contributed by atoms with van der Waals surface area (Å²) >= 11 is 0. The van der Waals surface area contributed by atoms with Gasteiger partial charge >= 0.3 is 0 Å². The largest absolute Gasteiger partial charge is 0.378 e. The fourth-order valence-electron chi connectivity index (χ4n) is 2.56. The Hall–Kier alpha value is -0.650. The first kappa shape index (κ1) is 16.4. The summed E-state index contributed by atoms with van der Waals surface area (Å²) in [5.74, 6) is 0.115. The molecule has 112 valence electrons. The molecule has 3 N–H and O–H groups in total. The van der Waals surface area contributed by atoms with E-state index in [1.807, 2.05) is 6.92 Å². The van der Waals surface area contributed by atoms with Gasteiger partial charge in [0.15, 0.2) is 0 Å². The highest BCUT2D eigenvalue weighted by atomic mass is 16.5. The van der Waals surface area contributed by atoms with Crippen molar-refractivity contribution in [3.05, 3.63) is 0 Å². The van der Waals surface area contributed by atoms with Crippen molar-refractivity contribution in [1.29, 1.82) is 0 Å². The third kappa shape index (κ3) is 5.89. The molecule has 1 amide bonds. The molecule has 1 heterocycles. The fourth-order valence-corrected chi connectivity index (χ4v) is 2.56. The molecular formula is C14H29N3O2. The van der Waals surface area contributed by atoms with Crippen LogP contribution in [0.5, 0.6) is 0 Å². The van der Waals surface area contributed by atoms with Crippen LogP contribution in [0.3, 0.4) is 0 Å². The predicted octanol–water partition coefficient (Wildman–Crippen LogP) is 0.731. The molecular weight excluding hydrogens is 242 g/mol. The Bertz CT molecular complexity index is 253. The SMILES string of the molecule is CCCNC(=O)CC(CN)N1CCC(OCC)CC1. The highest BCUT2D eigenvalue weighted by Crippen LogP contribution is 2.17. The van der Waals surface area contributed by atoms with E-state index in [1.165, 1.54) is 0 Å². The van der Waals surface area contributed by atoms with E-state index in [2.05, 4.69) is 17.1 Å². The van der Waals surface area contributed by atoms with Gasteiger partial charge in [-0.3, -0.25) is 9.69 Å². The van der Waals surface area contributed by atoms with Crippen LogP contribution in [0, 0.1) is 0 Å². The maximum absolute atomic E-state index is 11.8. The fraction of sp³-hybridized carbons (Fsp3) is 0.929. The molecule has 1 aliphatic rings. The molecule has 1 saturated heterocycles. The average molecular weight is 271 g/mol. The monoisotopic (exact) mass is 271 g/mol. The first-order valence-electron chi connectivity index (χ1n) is 7.53. The van der Waals surface area contributed by atoms with Crippen molar-refractivity contribution < 1.29 is 9.53 Å². The van der Waals surface area contributed by atoms with Gasteiger partial charge in [-0.2, -0.15) is 0 Å². The van der Waals surface area contributed by atoms with Crippen LogP contribution < -0.4 is 11.1 Å². The zero-order chi connectivity index (χ0) is 14.1. The van der Waals surface area contributed by atoms with Crippen LogP contribution in [-0.2, 0) is 9.53 Å². The summed E-state index contributed by atoms with van der Waals surface area (Å²) < 4.78 is 5.64. The van der Waals surface area contributed by atoms with Crippen molar-refractivity contribution in [3.63, 3.8) is 0 Å². The maximum Gasteiger partial charge on any atom is 0.221 e. The Labute approximate surface area is 116 Å². The van der Waals surface area contributed by atoms with Gasteiger partial charge in [0.1, 0.15) is 0 Å². The van der Waals surface area contributed by atoms with Crippen LogP contribution in [0.25, 0.3) is 0 Å². The molecule has 19 heavy (non-hydrogen) atoms. The third-order valence-electron chi connectivity index (χ3n) is 3.66. The Morgan fingerprint density at radius 2 is 2.11 bits per heavy atom. The number of nitrogens with zero attached hydrogens (tertiary/aromatic N) is 1. The predicted molar refractivity (Wildman–Crippen MR) is 77.0 cm³/mol. The lowest BCUT2D eigenvalue weighted by Crippen LogP contribution is -2.48. The van der Waals surface area contributed by atoms with Crippen LogP contribution in [0.2, 0.25) is 0 Å². The van der Waals surface area contributed by atoms with Gasteiger partial charge in [-0.15, -0.1) is 0 Å². The number of amides is 1. The first-order valence-corrected chi connectivity index (χ1v) is 7.53. The standard InChI is InChI=1S/C14H29N3O2/c1-3-7-16-14(18)10-12(11-15)17-8-5-13(6-9-17)19-4-2/h12-13H,3-11,15H2,1-2H3,(H,16,18). The molecule has 5 heteroatoms. The molecule has 0 radical (unpaired) electrons. The Balaban J connectivity index is 2.33. The zero-order valence-electron chi connectivity index (χ0n) is 12.4. The highest BCUT2D eigenvalue weighted by Gasteiger charge is 2.25. The number of likely N-dealkylation sites (tertiary alicyclic amines) is 1. The van der Waals surface area contributed by atoms with Gasteiger partial charge in [-0.05, 0) is 26.2 Å². The highest BCUT2D eigenvalue weighted by molar-refractivity contribution is 5.76. The van der Waals surface area contributed by atoms with E-state index in [0.29, 0.717) is 19.1 Å². The molecule has 1 fully saturated rings. The van der Waals surface area contributed by atoms with Gasteiger partial charge < -0.3 is 15.8 Å². The normalized spacial score (nSPS) is 19.3. The van der Waals surface area contributed by atoms with Crippen molar-refractivity contribution in [2.45, 2.75) is 51.7 Å². The van der Waals surface area contributed by atoms with E-state index in [-0.39, 0.29) is 11.9 Å². The zero-order valence-corrected chi connectivity index (χ0v) is 12.4. The minimum atomic E-state index is 0.115. The molecule has 0 aromatic heterocycles. The van der Waals surface area contributed by atoms with Crippen molar-refractivity contribution in [3.8, 4) is 0 Å². The van der Waals surface area contributed by atoms with Gasteiger partial charge in [-0.1, -0.05) is 6.92 Å². The van der Waals surface area contributed by atoms with E-state index in [9.17, 15) is 4.79 Å². The average Bonchev–Trinajstić information content (AvgIpc) is 2.44. The first-order chi connectivity index (χ1) is 9.21. The van der Waals surface area contributed by atoms with Crippen molar-refractivity contribution >= 4 is 5.91 Å². The Kier molecular flexibility index (Phi) is 8.02. The summed E-state index contributed by atoms with van der Waals surface area (Å²) in [7, 11) is 0. The smallest absolute Gasteiger partial charge is 0.221 e. The van der Waals surface area contributed by atoms with Crippen LogP contribution >= 0.6 is 0 Å². The molecule has 1 rings (SSSR count). The summed E-state index contributed by atoms with van der Waals surface area (Å²) in [4.78, 5) is 14.1. The summed E-state index contributed by atoms with van der Waals surface area (Å²) in [6.07, 6.45) is 3.95. The summed E-state index contributed by atoms with van der Waals surface area (Å²) in [5.41, 5.74) is 5.82. The van der Waals surface area contributed by atoms with Gasteiger partial charge in [0, 0.05) is 45.2 Å². The summed E-state index contributed by atoms with van der Waals surface area (Å²) in [6.45, 7) is 8.12. The van der Waals surface area contributed by atoms with Crippen LogP contribution in [0.1, 0.15) is 39.5 Å². The minimum Gasteiger partial charge on any atom is -0.378 e. The van der Waals surface area contributed by atoms with Crippen molar-refractivity contribution in [1.82, 2.24) is 10.2 Å². The molecule has 5 nitrogen and oxygen atoms in total. The second-order valence-electron chi connectivity index (χ2n) is 5.13. The number of hydrogen-bond acceptors (Lipinski definition) is 4. The third-order valence-corrected chi connectivity index (χ3v) is 3.66. The van der Waals surface area contributed by atoms with Crippen molar-refractivity contribution in [2.24, 2.45) is 5.73 Å². The van der Waals surface area contributed by atoms with Crippen molar-refractivity contribution in [2.75, 3.05) is 32.8 Å². The summed E-state index contributed by atoms with van der Waals surface area (Å²) in [6, 6.07) is 0.166. The molecule has 0 spiro atoms. The van der Waals surface area contributed by atoms with Gasteiger partial charge in [0.2, 0.25) is 5.91 Å². The van der Waals surface area contributed by atoms with E-state index in [1.54, 1.807) is 0 Å². The maximum atomic E-state index is 11.8. The lowest BCUT2D eigenvalue weighted by molar-refractivity contribution is -0.122. The second kappa shape index (κ2) is 9.28. The van der Waals surface area contributed by atoms with Gasteiger partial charge in [0.05, 0.1) is 6.10 Å². The van der Waals surface area contributed by atoms with Crippen LogP contribution in [0.15, 0.2) is 0 Å². The van der Waals surface area contributed by atoms with Gasteiger partial charge in [-0.25, -0.2) is 0 Å². The molecule has 1 unspecified atom stereocenters. The molecule has 0 saturated carbocycles. The Morgan fingerprint density at radius 1 is 1.42 bits per heavy atom. The molecule has 1 atom stereocenters. The van der Waals surface area contributed by atoms with E-state index >= 15 is 0 Å². The lowest BCUT2D eigenvalue weighted by atomic mass is 10.0. The van der Waals surface area contributed by atoms with E-state index < -0.39 is 0 Å². The van der Waals surface area contributed by atoms with E-state index in [0.717, 1.165) is 45.5 Å². The number of carbonyl (C=O) groups excluding carboxylic acids is 1. The molecule has 0 aromatic rings. The number of ether oxygens (including phenoxy) is 1. The number of nitrogens with one attached hydrogen (secondary N) is 1. The second-order valence-corrected chi connectivity index (χ2v) is 5.13. The summed E-state index contributed by atoms with van der Waals surface area (Å²) in [5, 5.41) is 2.92. The van der Waals surface area contributed by atoms with E-state index in [4.69, 9.17) is 10.5 Å². The number of nitrogens with two attached hydrogens (primary N) is 1. The van der Waals surface area contributed by atoms with Crippen LogP contribution in [-0.4, -0.2) is 55.7 Å². The number of carbonyl (C=O) groups is 1. The lowest BCUT2D eigenvalue weighted by Gasteiger charge is -2.36. The van der Waals surface area contributed by atoms with Gasteiger partial charge in [0.25, 0.3) is 0 Å². The number of hydrogen-bond donors (Lipinski definition) is 2. The molecule has 0 aromatic carbocycles. The Morgan fingerprint density at radius 3 is 2.63 bits per heavy atom. The number of piperidine rings is 1. The molecule has 0 bridgehead atoms. The minimum absolute atomic E-state index is 0.115. The quantitative estimate of drug-likeness (QED) is 0.683. The molecule has 0 aliphatic carbocycles.